The van der Waals surface area contributed by atoms with Gasteiger partial charge < -0.3 is 40.3 Å². The van der Waals surface area contributed by atoms with Crippen molar-refractivity contribution in [2.45, 2.75) is 288 Å². The maximum atomic E-state index is 13.0. The number of hydrogen-bond donors (Lipinski definition) is 6. The van der Waals surface area contributed by atoms with Crippen LogP contribution in [-0.2, 0) is 14.3 Å². The molecular formula is C56H103NO8. The Morgan fingerprint density at radius 1 is 0.508 bits per heavy atom. The highest BCUT2D eigenvalue weighted by Gasteiger charge is 2.44. The predicted octanol–water partition coefficient (Wildman–Crippen LogP) is 13.0. The lowest BCUT2D eigenvalue weighted by molar-refractivity contribution is -0.302. The molecule has 0 bridgehead atoms. The molecule has 0 aromatic carbocycles. The molecule has 1 heterocycles. The van der Waals surface area contributed by atoms with Crippen molar-refractivity contribution in [3.63, 3.8) is 0 Å². The normalized spacial score (nSPS) is 20.3. The van der Waals surface area contributed by atoms with Crippen molar-refractivity contribution in [2.24, 2.45) is 0 Å². The monoisotopic (exact) mass is 918 g/mol. The molecule has 1 fully saturated rings. The molecule has 0 spiro atoms. The Morgan fingerprint density at radius 3 is 1.29 bits per heavy atom. The van der Waals surface area contributed by atoms with E-state index in [1.54, 1.807) is 6.08 Å². The minimum Gasteiger partial charge on any atom is -0.394 e. The SMILES string of the molecule is CCCCCCCCC/C=C/CC/C=C/CC/C=C/C(O)C(COC1OC(CO)C(O)C(O)C1O)NC(=O)CCCCCCCCCCC/C=C\CCCCCCCCCCCCCC. The first kappa shape index (κ1) is 61.2. The summed E-state index contributed by atoms with van der Waals surface area (Å²) in [6, 6.07) is -0.829. The van der Waals surface area contributed by atoms with Gasteiger partial charge in [-0.1, -0.05) is 217 Å². The molecule has 9 nitrogen and oxygen atoms in total. The van der Waals surface area contributed by atoms with E-state index in [-0.39, 0.29) is 12.5 Å². The van der Waals surface area contributed by atoms with Crippen LogP contribution in [0.15, 0.2) is 48.6 Å². The summed E-state index contributed by atoms with van der Waals surface area (Å²) < 4.78 is 11.2. The van der Waals surface area contributed by atoms with Crippen LogP contribution in [0.3, 0.4) is 0 Å². The summed E-state index contributed by atoms with van der Waals surface area (Å²) in [5.41, 5.74) is 0. The number of nitrogens with one attached hydrogen (secondary N) is 1. The fourth-order valence-electron chi connectivity index (χ4n) is 8.48. The van der Waals surface area contributed by atoms with Crippen molar-refractivity contribution in [1.29, 1.82) is 0 Å². The number of unbranched alkanes of at least 4 members (excludes halogenated alkanes) is 30. The largest absolute Gasteiger partial charge is 0.394 e. The molecule has 0 aliphatic carbocycles. The average Bonchev–Trinajstić information content (AvgIpc) is 3.31. The highest BCUT2D eigenvalue weighted by atomic mass is 16.7. The van der Waals surface area contributed by atoms with Crippen molar-refractivity contribution < 1.29 is 39.8 Å². The molecule has 1 aliphatic rings. The molecule has 1 rings (SSSR count). The fraction of sp³-hybridized carbons (Fsp3) is 0.839. The topological polar surface area (TPSA) is 149 Å². The second kappa shape index (κ2) is 45.9. The number of ether oxygens (including phenoxy) is 2. The van der Waals surface area contributed by atoms with Crippen LogP contribution in [0.25, 0.3) is 0 Å². The van der Waals surface area contributed by atoms with Crippen molar-refractivity contribution in [3.05, 3.63) is 48.6 Å². The molecule has 65 heavy (non-hydrogen) atoms. The van der Waals surface area contributed by atoms with Crippen LogP contribution < -0.4 is 5.32 Å². The van der Waals surface area contributed by atoms with Gasteiger partial charge in [0.1, 0.15) is 24.4 Å². The number of carbonyl (C=O) groups excluding carboxylic acids is 1. The number of rotatable bonds is 46. The number of allylic oxidation sites excluding steroid dienone is 7. The maximum absolute atomic E-state index is 13.0. The number of aliphatic hydroxyl groups is 5. The summed E-state index contributed by atoms with van der Waals surface area (Å²) in [7, 11) is 0. The van der Waals surface area contributed by atoms with Crippen molar-refractivity contribution in [2.75, 3.05) is 13.2 Å². The molecular weight excluding hydrogens is 815 g/mol. The lowest BCUT2D eigenvalue weighted by Gasteiger charge is -2.40. The van der Waals surface area contributed by atoms with E-state index >= 15 is 0 Å². The Bertz CT molecular complexity index is 1160. The van der Waals surface area contributed by atoms with Gasteiger partial charge in [0.05, 0.1) is 25.4 Å². The van der Waals surface area contributed by atoms with E-state index in [0.29, 0.717) is 6.42 Å². The van der Waals surface area contributed by atoms with Crippen molar-refractivity contribution >= 4 is 5.91 Å². The minimum atomic E-state index is -1.58. The first-order valence-electron chi connectivity index (χ1n) is 27.4. The van der Waals surface area contributed by atoms with E-state index < -0.39 is 49.5 Å². The lowest BCUT2D eigenvalue weighted by Crippen LogP contribution is -2.60. The number of hydrogen-bond acceptors (Lipinski definition) is 8. The molecule has 0 aromatic heterocycles. The second-order valence-corrected chi connectivity index (χ2v) is 19.0. The van der Waals surface area contributed by atoms with E-state index in [4.69, 9.17) is 9.47 Å². The zero-order valence-electron chi connectivity index (χ0n) is 42.0. The summed E-state index contributed by atoms with van der Waals surface area (Å²) >= 11 is 0. The quantitative estimate of drug-likeness (QED) is 0.0261. The highest BCUT2D eigenvalue weighted by Crippen LogP contribution is 2.23. The zero-order chi connectivity index (χ0) is 47.3. The molecule has 380 valence electrons. The molecule has 7 unspecified atom stereocenters. The van der Waals surface area contributed by atoms with E-state index in [0.717, 1.165) is 51.4 Å². The highest BCUT2D eigenvalue weighted by molar-refractivity contribution is 5.76. The molecule has 9 heteroatoms. The fourth-order valence-corrected chi connectivity index (χ4v) is 8.48. The van der Waals surface area contributed by atoms with Crippen LogP contribution in [0.2, 0.25) is 0 Å². The zero-order valence-corrected chi connectivity index (χ0v) is 42.0. The number of carbonyl (C=O) groups is 1. The minimum absolute atomic E-state index is 0.192. The Morgan fingerprint density at radius 2 is 0.877 bits per heavy atom. The summed E-state index contributed by atoms with van der Waals surface area (Å²) in [6.45, 7) is 3.76. The van der Waals surface area contributed by atoms with Gasteiger partial charge in [0, 0.05) is 6.42 Å². The van der Waals surface area contributed by atoms with Gasteiger partial charge in [-0.25, -0.2) is 0 Å². The molecule has 1 amide bonds. The third-order valence-electron chi connectivity index (χ3n) is 12.9. The summed E-state index contributed by atoms with van der Waals surface area (Å²) in [5, 5.41) is 54.4. The predicted molar refractivity (Wildman–Crippen MR) is 272 cm³/mol. The van der Waals surface area contributed by atoms with E-state index in [2.05, 4.69) is 55.6 Å². The van der Waals surface area contributed by atoms with Gasteiger partial charge in [-0.15, -0.1) is 0 Å². The third-order valence-corrected chi connectivity index (χ3v) is 12.9. The molecule has 0 saturated carbocycles. The van der Waals surface area contributed by atoms with Crippen molar-refractivity contribution in [1.82, 2.24) is 5.32 Å². The van der Waals surface area contributed by atoms with E-state index in [9.17, 15) is 30.3 Å². The van der Waals surface area contributed by atoms with Gasteiger partial charge in [0.2, 0.25) is 5.91 Å². The molecule has 7 atom stereocenters. The van der Waals surface area contributed by atoms with Gasteiger partial charge in [-0.2, -0.15) is 0 Å². The van der Waals surface area contributed by atoms with Crippen LogP contribution in [0.4, 0.5) is 0 Å². The Balaban J connectivity index is 2.27. The summed E-state index contributed by atoms with van der Waals surface area (Å²) in [6.07, 6.45) is 53.1. The first-order valence-corrected chi connectivity index (χ1v) is 27.4. The first-order chi connectivity index (χ1) is 31.8. The molecule has 0 aromatic rings. The number of aliphatic hydroxyl groups excluding tert-OH is 5. The van der Waals surface area contributed by atoms with Gasteiger partial charge >= 0.3 is 0 Å². The Kier molecular flexibility index (Phi) is 43.2. The van der Waals surface area contributed by atoms with E-state index in [1.807, 2.05) is 6.08 Å². The summed E-state index contributed by atoms with van der Waals surface area (Å²) in [5.74, 6) is -0.192. The smallest absolute Gasteiger partial charge is 0.220 e. The maximum Gasteiger partial charge on any atom is 0.220 e. The van der Waals surface area contributed by atoms with Crippen molar-refractivity contribution in [3.8, 4) is 0 Å². The van der Waals surface area contributed by atoms with Crippen LogP contribution in [-0.4, -0.2) is 87.5 Å². The molecule has 6 N–H and O–H groups in total. The lowest BCUT2D eigenvalue weighted by atomic mass is 9.99. The average molecular weight is 918 g/mol. The van der Waals surface area contributed by atoms with Gasteiger partial charge in [-0.3, -0.25) is 4.79 Å². The van der Waals surface area contributed by atoms with Crippen LogP contribution in [0.5, 0.6) is 0 Å². The van der Waals surface area contributed by atoms with E-state index in [1.165, 1.54) is 173 Å². The number of amides is 1. The van der Waals surface area contributed by atoms with Crippen LogP contribution in [0, 0.1) is 0 Å². The van der Waals surface area contributed by atoms with Gasteiger partial charge in [-0.05, 0) is 70.6 Å². The van der Waals surface area contributed by atoms with Crippen LogP contribution >= 0.6 is 0 Å². The third kappa shape index (κ3) is 35.9. The molecule has 0 radical (unpaired) electrons. The van der Waals surface area contributed by atoms with Gasteiger partial charge in [0.15, 0.2) is 6.29 Å². The van der Waals surface area contributed by atoms with Crippen LogP contribution in [0.1, 0.15) is 245 Å². The second-order valence-electron chi connectivity index (χ2n) is 19.0. The Labute approximate surface area is 399 Å². The van der Waals surface area contributed by atoms with Gasteiger partial charge in [0.25, 0.3) is 0 Å². The molecule has 1 saturated heterocycles. The standard InChI is InChI=1S/C56H103NO8/c1-3-5-7-9-11-13-15-17-19-21-22-23-24-25-26-27-28-30-32-34-36-38-40-42-44-46-52(60)57-49(48-64-56-55(63)54(62)53(61)51(47-58)65-56)50(59)45-43-41-39-37-35-33-31-29-20-18-16-14-12-10-8-6-4-2/h20,25-26,29,35,37,43,45,49-51,53-56,58-59,61-63H,3-19,21-24,27-28,30-34,36,38-42,44,46-48H2,1-2H3,(H,57,60)/b26-25-,29-20+,37-35+,45-43+. The Hall–Kier alpha value is -1.85. The molecule has 1 aliphatic heterocycles. The summed E-state index contributed by atoms with van der Waals surface area (Å²) in [4.78, 5) is 13.0.